The molecule has 0 aliphatic heterocycles. The van der Waals surface area contributed by atoms with Crippen LogP contribution in [-0.4, -0.2) is 17.0 Å². The van der Waals surface area contributed by atoms with E-state index in [0.29, 0.717) is 10.8 Å². The molecule has 0 bridgehead atoms. The van der Waals surface area contributed by atoms with Gasteiger partial charge in [0, 0.05) is 16.6 Å². The predicted molar refractivity (Wildman–Crippen MR) is 81.3 cm³/mol. The first-order chi connectivity index (χ1) is 10.1. The van der Waals surface area contributed by atoms with Crippen LogP contribution in [-0.2, 0) is 9.63 Å². The maximum Gasteiger partial charge on any atom is 0.284 e. The van der Waals surface area contributed by atoms with Crippen molar-refractivity contribution in [2.45, 2.75) is 26.1 Å². The van der Waals surface area contributed by atoms with Crippen molar-refractivity contribution in [3.8, 4) is 5.75 Å². The molecule has 2 aromatic rings. The lowest BCUT2D eigenvalue weighted by molar-refractivity contribution is -0.144. The number of carbonyl (C=O) groups excluding carboxylic acids is 1. The minimum atomic E-state index is -0.685. The Morgan fingerprint density at radius 3 is 2.67 bits per heavy atom. The summed E-state index contributed by atoms with van der Waals surface area (Å²) in [7, 11) is 0. The minimum Gasteiger partial charge on any atom is -0.481 e. The van der Waals surface area contributed by atoms with Crippen LogP contribution in [0.2, 0.25) is 5.02 Å². The normalized spacial score (nSPS) is 13.5. The van der Waals surface area contributed by atoms with Crippen LogP contribution >= 0.6 is 22.9 Å². The number of rotatable bonds is 6. The molecule has 0 fully saturated rings. The number of hydrogen-bond acceptors (Lipinski definition) is 5. The number of ether oxygens (including phenoxy) is 1. The third-order valence-corrected chi connectivity index (χ3v) is 3.82. The molecular formula is C14H15ClN2O3S. The Kier molecular flexibility index (Phi) is 5.55. The molecule has 7 heteroatoms. The summed E-state index contributed by atoms with van der Waals surface area (Å²) < 4.78 is 5.49. The Bertz CT molecular complexity index is 574. The van der Waals surface area contributed by atoms with Gasteiger partial charge in [-0.15, -0.1) is 11.3 Å². The third kappa shape index (κ3) is 4.70. The van der Waals surface area contributed by atoms with Gasteiger partial charge < -0.3 is 4.74 Å². The fourth-order valence-corrected chi connectivity index (χ4v) is 2.23. The first-order valence-corrected chi connectivity index (χ1v) is 7.59. The summed E-state index contributed by atoms with van der Waals surface area (Å²) in [5.41, 5.74) is 2.38. The molecule has 112 valence electrons. The number of nitrogens with zero attached hydrogens (tertiary/aromatic N) is 1. The molecule has 0 saturated carbocycles. The molecule has 2 atom stereocenters. The number of thiazole rings is 1. The van der Waals surface area contributed by atoms with Crippen LogP contribution in [0, 0.1) is 0 Å². The van der Waals surface area contributed by atoms with Crippen LogP contribution in [0.25, 0.3) is 0 Å². The minimum absolute atomic E-state index is 0.309. The van der Waals surface area contributed by atoms with Crippen molar-refractivity contribution in [3.63, 3.8) is 0 Å². The standard InChI is InChI=1S/C14H15ClN2O3S/c1-9(19-12-5-3-11(15)4-6-12)13(18)17-20-10(2)14-16-7-8-21-14/h3-10H,1-2H3,(H,17,18). The summed E-state index contributed by atoms with van der Waals surface area (Å²) >= 11 is 7.25. The number of halogens is 1. The van der Waals surface area contributed by atoms with Crippen LogP contribution in [0.5, 0.6) is 5.75 Å². The molecule has 0 radical (unpaired) electrons. The van der Waals surface area contributed by atoms with Crippen molar-refractivity contribution in [2.75, 3.05) is 0 Å². The molecule has 1 aromatic carbocycles. The monoisotopic (exact) mass is 326 g/mol. The molecule has 0 aliphatic rings. The van der Waals surface area contributed by atoms with E-state index in [1.165, 1.54) is 11.3 Å². The van der Waals surface area contributed by atoms with Crippen molar-refractivity contribution in [2.24, 2.45) is 0 Å². The van der Waals surface area contributed by atoms with Gasteiger partial charge in [-0.05, 0) is 38.1 Å². The Labute approximate surface area is 131 Å². The van der Waals surface area contributed by atoms with Gasteiger partial charge in [-0.25, -0.2) is 10.5 Å². The van der Waals surface area contributed by atoms with E-state index in [1.807, 2.05) is 12.3 Å². The van der Waals surface area contributed by atoms with E-state index in [0.717, 1.165) is 5.01 Å². The zero-order chi connectivity index (χ0) is 15.2. The molecule has 5 nitrogen and oxygen atoms in total. The van der Waals surface area contributed by atoms with Crippen LogP contribution in [0.3, 0.4) is 0 Å². The Balaban J connectivity index is 1.81. The third-order valence-electron chi connectivity index (χ3n) is 2.63. The molecule has 0 saturated heterocycles. The Morgan fingerprint density at radius 2 is 2.05 bits per heavy atom. The topological polar surface area (TPSA) is 60.5 Å². The van der Waals surface area contributed by atoms with E-state index in [-0.39, 0.29) is 12.0 Å². The van der Waals surface area contributed by atoms with Gasteiger partial charge in [-0.1, -0.05) is 11.6 Å². The lowest BCUT2D eigenvalue weighted by Gasteiger charge is -2.16. The SMILES string of the molecule is CC(Oc1ccc(Cl)cc1)C(=O)NOC(C)c1nccs1. The van der Waals surface area contributed by atoms with Gasteiger partial charge in [0.1, 0.15) is 16.9 Å². The summed E-state index contributed by atoms with van der Waals surface area (Å²) in [6, 6.07) is 6.79. The lowest BCUT2D eigenvalue weighted by Crippen LogP contribution is -2.36. The average molecular weight is 327 g/mol. The van der Waals surface area contributed by atoms with Crippen molar-refractivity contribution < 1.29 is 14.4 Å². The summed E-state index contributed by atoms with van der Waals surface area (Å²) in [6.07, 6.45) is 0.694. The summed E-state index contributed by atoms with van der Waals surface area (Å²) in [4.78, 5) is 21.3. The van der Waals surface area contributed by atoms with Crippen molar-refractivity contribution in [1.29, 1.82) is 0 Å². The summed E-state index contributed by atoms with van der Waals surface area (Å²) in [5, 5.41) is 3.25. The van der Waals surface area contributed by atoms with E-state index < -0.39 is 6.10 Å². The van der Waals surface area contributed by atoms with Gasteiger partial charge in [0.15, 0.2) is 6.10 Å². The first kappa shape index (κ1) is 15.8. The molecular weight excluding hydrogens is 312 g/mol. The van der Waals surface area contributed by atoms with Gasteiger partial charge in [0.2, 0.25) is 0 Å². The average Bonchev–Trinajstić information content (AvgIpc) is 3.01. The molecule has 0 spiro atoms. The van der Waals surface area contributed by atoms with Crippen LogP contribution in [0.1, 0.15) is 25.0 Å². The number of hydroxylamine groups is 1. The zero-order valence-corrected chi connectivity index (χ0v) is 13.1. The second kappa shape index (κ2) is 7.40. The number of nitrogens with one attached hydrogen (secondary N) is 1. The fraction of sp³-hybridized carbons (Fsp3) is 0.286. The van der Waals surface area contributed by atoms with Gasteiger partial charge >= 0.3 is 0 Å². The molecule has 1 amide bonds. The van der Waals surface area contributed by atoms with Crippen molar-refractivity contribution in [1.82, 2.24) is 10.5 Å². The van der Waals surface area contributed by atoms with Gasteiger partial charge in [-0.3, -0.25) is 9.63 Å². The number of benzene rings is 1. The second-order valence-corrected chi connectivity index (χ2v) is 5.67. The Morgan fingerprint density at radius 1 is 1.33 bits per heavy atom. The van der Waals surface area contributed by atoms with Crippen molar-refractivity contribution in [3.05, 3.63) is 45.9 Å². The lowest BCUT2D eigenvalue weighted by atomic mass is 10.3. The highest BCUT2D eigenvalue weighted by atomic mass is 35.5. The van der Waals surface area contributed by atoms with Gasteiger partial charge in [-0.2, -0.15) is 0 Å². The highest BCUT2D eigenvalue weighted by Crippen LogP contribution is 2.18. The predicted octanol–water partition coefficient (Wildman–Crippen LogP) is 3.37. The largest absolute Gasteiger partial charge is 0.481 e. The number of amides is 1. The number of carbonyl (C=O) groups is 1. The summed E-state index contributed by atoms with van der Waals surface area (Å²) in [6.45, 7) is 3.45. The van der Waals surface area contributed by atoms with E-state index >= 15 is 0 Å². The molecule has 1 N–H and O–H groups in total. The number of aromatic nitrogens is 1. The maximum absolute atomic E-state index is 11.9. The smallest absolute Gasteiger partial charge is 0.284 e. The molecule has 1 aromatic heterocycles. The Hall–Kier alpha value is -1.63. The van der Waals surface area contributed by atoms with E-state index in [1.54, 1.807) is 37.4 Å². The van der Waals surface area contributed by atoms with Crippen LogP contribution in [0.4, 0.5) is 0 Å². The van der Waals surface area contributed by atoms with E-state index in [9.17, 15) is 4.79 Å². The zero-order valence-electron chi connectivity index (χ0n) is 11.6. The highest BCUT2D eigenvalue weighted by molar-refractivity contribution is 7.09. The van der Waals surface area contributed by atoms with Crippen molar-refractivity contribution >= 4 is 28.8 Å². The van der Waals surface area contributed by atoms with Crippen LogP contribution in [0.15, 0.2) is 35.8 Å². The van der Waals surface area contributed by atoms with Gasteiger partial charge in [0.25, 0.3) is 5.91 Å². The maximum atomic E-state index is 11.9. The quantitative estimate of drug-likeness (QED) is 0.827. The molecule has 2 rings (SSSR count). The van der Waals surface area contributed by atoms with Crippen LogP contribution < -0.4 is 10.2 Å². The molecule has 0 aliphatic carbocycles. The number of hydrogen-bond donors (Lipinski definition) is 1. The first-order valence-electron chi connectivity index (χ1n) is 6.33. The summed E-state index contributed by atoms with van der Waals surface area (Å²) in [5.74, 6) is 0.198. The van der Waals surface area contributed by atoms with E-state index in [2.05, 4.69) is 10.5 Å². The fourth-order valence-electron chi connectivity index (χ4n) is 1.49. The second-order valence-electron chi connectivity index (χ2n) is 4.31. The molecule has 21 heavy (non-hydrogen) atoms. The molecule has 2 unspecified atom stereocenters. The highest BCUT2D eigenvalue weighted by Gasteiger charge is 2.17. The van der Waals surface area contributed by atoms with Gasteiger partial charge in [0.05, 0.1) is 0 Å². The van der Waals surface area contributed by atoms with E-state index in [4.69, 9.17) is 21.2 Å². The molecule has 1 heterocycles.